The van der Waals surface area contributed by atoms with E-state index in [4.69, 9.17) is 4.52 Å². The van der Waals surface area contributed by atoms with Crippen LogP contribution in [0.1, 0.15) is 55.8 Å². The van der Waals surface area contributed by atoms with E-state index in [9.17, 15) is 4.79 Å². The summed E-state index contributed by atoms with van der Waals surface area (Å²) in [5.41, 5.74) is 0.899. The van der Waals surface area contributed by atoms with Gasteiger partial charge in [-0.15, -0.1) is 0 Å². The van der Waals surface area contributed by atoms with Gasteiger partial charge in [0.25, 0.3) is 5.91 Å². The van der Waals surface area contributed by atoms with Crippen LogP contribution < -0.4 is 5.32 Å². The molecule has 1 aromatic heterocycles. The smallest absolute Gasteiger partial charge is 0.292 e. The quantitative estimate of drug-likeness (QED) is 0.904. The molecule has 5 nitrogen and oxygen atoms in total. The van der Waals surface area contributed by atoms with Crippen molar-refractivity contribution in [2.45, 2.75) is 45.6 Å². The van der Waals surface area contributed by atoms with Gasteiger partial charge < -0.3 is 14.7 Å². The largest absolute Gasteiger partial charge is 0.351 e. The highest BCUT2D eigenvalue weighted by Crippen LogP contribution is 2.23. The Hall–Kier alpha value is -1.36. The minimum Gasteiger partial charge on any atom is -0.351 e. The van der Waals surface area contributed by atoms with Crippen molar-refractivity contribution in [1.82, 2.24) is 15.4 Å². The van der Waals surface area contributed by atoms with Gasteiger partial charge in [-0.3, -0.25) is 4.79 Å². The van der Waals surface area contributed by atoms with Crippen molar-refractivity contribution >= 4 is 5.91 Å². The van der Waals surface area contributed by atoms with E-state index >= 15 is 0 Å². The van der Waals surface area contributed by atoms with Crippen molar-refractivity contribution in [1.29, 1.82) is 0 Å². The van der Waals surface area contributed by atoms with E-state index in [2.05, 4.69) is 24.3 Å². The highest BCUT2D eigenvalue weighted by atomic mass is 16.5. The van der Waals surface area contributed by atoms with E-state index in [0.717, 1.165) is 38.2 Å². The predicted octanol–water partition coefficient (Wildman–Crippen LogP) is 2.01. The summed E-state index contributed by atoms with van der Waals surface area (Å²) < 4.78 is 5.25. The molecule has 1 atom stereocenters. The third kappa shape index (κ3) is 2.97. The summed E-state index contributed by atoms with van der Waals surface area (Å²) in [7, 11) is 0. The summed E-state index contributed by atoms with van der Waals surface area (Å²) >= 11 is 0. The Balaban J connectivity index is 2.11. The molecule has 1 fully saturated rings. The topological polar surface area (TPSA) is 58.4 Å². The molecule has 1 N–H and O–H groups in total. The Kier molecular flexibility index (Phi) is 4.58. The van der Waals surface area contributed by atoms with Crippen molar-refractivity contribution in [3.8, 4) is 0 Å². The Labute approximate surface area is 114 Å². The number of carbonyl (C=O) groups excluding carboxylic acids is 1. The van der Waals surface area contributed by atoms with Gasteiger partial charge in [0, 0.05) is 37.7 Å². The molecule has 19 heavy (non-hydrogen) atoms. The average molecular weight is 265 g/mol. The number of carbonyl (C=O) groups is 1. The van der Waals surface area contributed by atoms with Gasteiger partial charge in [0.1, 0.15) is 0 Å². The lowest BCUT2D eigenvalue weighted by atomic mass is 9.99. The number of nitrogens with zero attached hydrogens (tertiary/aromatic N) is 2. The van der Waals surface area contributed by atoms with E-state index in [-0.39, 0.29) is 11.9 Å². The molecule has 1 aromatic rings. The van der Waals surface area contributed by atoms with Gasteiger partial charge in [-0.25, -0.2) is 0 Å². The Morgan fingerprint density at radius 1 is 1.58 bits per heavy atom. The maximum atomic E-state index is 12.4. The third-order valence-corrected chi connectivity index (χ3v) is 3.91. The van der Waals surface area contributed by atoms with Crippen LogP contribution in [-0.4, -0.2) is 41.6 Å². The molecule has 2 heterocycles. The van der Waals surface area contributed by atoms with E-state index < -0.39 is 0 Å². The molecule has 2 rings (SSSR count). The van der Waals surface area contributed by atoms with Crippen LogP contribution >= 0.6 is 0 Å². The molecule has 0 aromatic carbocycles. The number of hydrogen-bond acceptors (Lipinski definition) is 4. The maximum absolute atomic E-state index is 12.4. The second-order valence-corrected chi connectivity index (χ2v) is 5.18. The molecular formula is C14H23N3O2. The van der Waals surface area contributed by atoms with E-state index in [1.54, 1.807) is 0 Å². The Morgan fingerprint density at radius 2 is 2.32 bits per heavy atom. The molecule has 106 valence electrons. The first-order valence-corrected chi connectivity index (χ1v) is 7.15. The van der Waals surface area contributed by atoms with Gasteiger partial charge in [-0.05, 0) is 19.8 Å². The second-order valence-electron chi connectivity index (χ2n) is 5.18. The zero-order valence-corrected chi connectivity index (χ0v) is 12.0. The molecule has 1 aliphatic heterocycles. The fourth-order valence-corrected chi connectivity index (χ4v) is 2.57. The molecule has 5 heteroatoms. The summed E-state index contributed by atoms with van der Waals surface area (Å²) in [6.45, 7) is 8.69. The van der Waals surface area contributed by atoms with Crippen LogP contribution in [0.15, 0.2) is 10.6 Å². The number of nitrogens with one attached hydrogen (secondary N) is 1. The predicted molar refractivity (Wildman–Crippen MR) is 73.2 cm³/mol. The molecule has 0 bridgehead atoms. The van der Waals surface area contributed by atoms with Crippen molar-refractivity contribution in [2.75, 3.05) is 19.6 Å². The standard InChI is InChI=1S/C14H23N3O2/c1-4-11(5-2)12-8-13(19-16-12)14(18)17-7-6-15-9-10(17)3/h8,10-11,15H,4-7,9H2,1-3H3. The SMILES string of the molecule is CCC(CC)c1cc(C(=O)N2CCNCC2C)on1. The lowest BCUT2D eigenvalue weighted by molar-refractivity contribution is 0.0613. The summed E-state index contributed by atoms with van der Waals surface area (Å²) in [6, 6.07) is 2.01. The molecule has 1 amide bonds. The van der Waals surface area contributed by atoms with Crippen LogP contribution in [0, 0.1) is 0 Å². The fourth-order valence-electron chi connectivity index (χ4n) is 2.57. The lowest BCUT2D eigenvalue weighted by Gasteiger charge is -2.33. The fraction of sp³-hybridized carbons (Fsp3) is 0.714. The van der Waals surface area contributed by atoms with Crippen molar-refractivity contribution in [3.63, 3.8) is 0 Å². The molecule has 0 spiro atoms. The minimum absolute atomic E-state index is 0.0429. The molecular weight excluding hydrogens is 242 g/mol. The lowest BCUT2D eigenvalue weighted by Crippen LogP contribution is -2.52. The van der Waals surface area contributed by atoms with E-state index in [1.165, 1.54) is 0 Å². The number of hydrogen-bond donors (Lipinski definition) is 1. The summed E-state index contributed by atoms with van der Waals surface area (Å²) in [4.78, 5) is 14.2. The van der Waals surface area contributed by atoms with Crippen LogP contribution in [0.2, 0.25) is 0 Å². The van der Waals surface area contributed by atoms with Crippen molar-refractivity contribution < 1.29 is 9.32 Å². The Bertz CT molecular complexity index is 426. The highest BCUT2D eigenvalue weighted by Gasteiger charge is 2.27. The van der Waals surface area contributed by atoms with Gasteiger partial charge in [0.2, 0.25) is 5.76 Å². The van der Waals surface area contributed by atoms with Crippen LogP contribution in [-0.2, 0) is 0 Å². The first kappa shape index (κ1) is 14.1. The van der Waals surface area contributed by atoms with E-state index in [0.29, 0.717) is 11.7 Å². The average Bonchev–Trinajstić information content (AvgIpc) is 2.90. The zero-order chi connectivity index (χ0) is 13.8. The van der Waals surface area contributed by atoms with Crippen LogP contribution in [0.4, 0.5) is 0 Å². The molecule has 0 radical (unpaired) electrons. The summed E-state index contributed by atoms with van der Waals surface area (Å²) in [6.07, 6.45) is 2.03. The van der Waals surface area contributed by atoms with E-state index in [1.807, 2.05) is 17.9 Å². The van der Waals surface area contributed by atoms with Crippen molar-refractivity contribution in [2.24, 2.45) is 0 Å². The number of rotatable bonds is 4. The molecule has 0 aliphatic carbocycles. The monoisotopic (exact) mass is 265 g/mol. The normalized spacial score (nSPS) is 20.0. The maximum Gasteiger partial charge on any atom is 0.292 e. The number of aromatic nitrogens is 1. The first-order valence-electron chi connectivity index (χ1n) is 7.15. The third-order valence-electron chi connectivity index (χ3n) is 3.91. The summed E-state index contributed by atoms with van der Waals surface area (Å²) in [5, 5.41) is 7.33. The van der Waals surface area contributed by atoms with Crippen LogP contribution in [0.3, 0.4) is 0 Å². The zero-order valence-electron chi connectivity index (χ0n) is 12.0. The number of amides is 1. The van der Waals surface area contributed by atoms with Gasteiger partial charge in [0.15, 0.2) is 0 Å². The van der Waals surface area contributed by atoms with Gasteiger partial charge in [0.05, 0.1) is 5.69 Å². The minimum atomic E-state index is -0.0429. The van der Waals surface area contributed by atoms with Crippen LogP contribution in [0.25, 0.3) is 0 Å². The van der Waals surface area contributed by atoms with Gasteiger partial charge in [-0.2, -0.15) is 0 Å². The van der Waals surface area contributed by atoms with Gasteiger partial charge in [-0.1, -0.05) is 19.0 Å². The molecule has 0 saturated carbocycles. The Morgan fingerprint density at radius 3 is 2.95 bits per heavy atom. The molecule has 1 unspecified atom stereocenters. The molecule has 1 saturated heterocycles. The molecule has 1 aliphatic rings. The highest BCUT2D eigenvalue weighted by molar-refractivity contribution is 5.91. The summed E-state index contributed by atoms with van der Waals surface area (Å²) in [5.74, 6) is 0.708. The van der Waals surface area contributed by atoms with Crippen LogP contribution in [0.5, 0.6) is 0 Å². The first-order chi connectivity index (χ1) is 9.17. The number of piperazine rings is 1. The van der Waals surface area contributed by atoms with Crippen molar-refractivity contribution in [3.05, 3.63) is 17.5 Å². The second kappa shape index (κ2) is 6.19. The van der Waals surface area contributed by atoms with Gasteiger partial charge >= 0.3 is 0 Å².